The zero-order chi connectivity index (χ0) is 13.0. The lowest BCUT2D eigenvalue weighted by Gasteiger charge is -2.28. The molecule has 4 heteroatoms. The molecule has 0 saturated carbocycles. The van der Waals surface area contributed by atoms with Crippen molar-refractivity contribution >= 4 is 0 Å². The summed E-state index contributed by atoms with van der Waals surface area (Å²) in [6.07, 6.45) is 2.06. The minimum absolute atomic E-state index is 0.288. The Labute approximate surface area is 106 Å². The Morgan fingerprint density at radius 1 is 1.33 bits per heavy atom. The first-order chi connectivity index (χ1) is 8.68. The molecule has 1 aromatic carbocycles. The highest BCUT2D eigenvalue weighted by Gasteiger charge is 2.20. The Kier molecular flexibility index (Phi) is 4.66. The Morgan fingerprint density at radius 2 is 2.06 bits per heavy atom. The minimum Gasteiger partial charge on any atom is -0.381 e. The van der Waals surface area contributed by atoms with E-state index in [0.717, 1.165) is 32.1 Å². The van der Waals surface area contributed by atoms with Gasteiger partial charge in [0.2, 0.25) is 0 Å². The summed E-state index contributed by atoms with van der Waals surface area (Å²) >= 11 is 0. The SMILES string of the molecule is CC(NCc1cccc(F)c1F)C1CCOCC1. The van der Waals surface area contributed by atoms with E-state index in [2.05, 4.69) is 12.2 Å². The van der Waals surface area contributed by atoms with Crippen molar-refractivity contribution in [1.29, 1.82) is 0 Å². The number of ether oxygens (including phenoxy) is 1. The van der Waals surface area contributed by atoms with Gasteiger partial charge < -0.3 is 10.1 Å². The molecule has 1 aliphatic rings. The summed E-state index contributed by atoms with van der Waals surface area (Å²) in [6.45, 7) is 4.05. The lowest BCUT2D eigenvalue weighted by atomic mass is 9.93. The molecule has 2 nitrogen and oxygen atoms in total. The van der Waals surface area contributed by atoms with Gasteiger partial charge in [-0.25, -0.2) is 8.78 Å². The topological polar surface area (TPSA) is 21.3 Å². The van der Waals surface area contributed by atoms with Crippen molar-refractivity contribution in [2.75, 3.05) is 13.2 Å². The smallest absolute Gasteiger partial charge is 0.163 e. The van der Waals surface area contributed by atoms with Crippen LogP contribution >= 0.6 is 0 Å². The molecule has 0 amide bonds. The van der Waals surface area contributed by atoms with Gasteiger partial charge in [0.1, 0.15) is 0 Å². The predicted octanol–water partition coefficient (Wildman–Crippen LogP) is 2.87. The molecule has 18 heavy (non-hydrogen) atoms. The molecule has 1 aromatic rings. The summed E-state index contributed by atoms with van der Waals surface area (Å²) in [7, 11) is 0. The monoisotopic (exact) mass is 255 g/mol. The number of hydrogen-bond donors (Lipinski definition) is 1. The Morgan fingerprint density at radius 3 is 2.78 bits per heavy atom. The maximum absolute atomic E-state index is 13.5. The van der Waals surface area contributed by atoms with Crippen LogP contribution in [0.4, 0.5) is 8.78 Å². The summed E-state index contributed by atoms with van der Waals surface area (Å²) in [5, 5.41) is 3.27. The summed E-state index contributed by atoms with van der Waals surface area (Å²) in [5.74, 6) is -0.979. The molecule has 100 valence electrons. The van der Waals surface area contributed by atoms with E-state index >= 15 is 0 Å². The highest BCUT2D eigenvalue weighted by molar-refractivity contribution is 5.18. The Balaban J connectivity index is 1.88. The van der Waals surface area contributed by atoms with Gasteiger partial charge in [-0.2, -0.15) is 0 Å². The molecule has 1 saturated heterocycles. The quantitative estimate of drug-likeness (QED) is 0.893. The van der Waals surface area contributed by atoms with Crippen molar-refractivity contribution in [3.05, 3.63) is 35.4 Å². The van der Waals surface area contributed by atoms with Crippen LogP contribution in [-0.4, -0.2) is 19.3 Å². The average Bonchev–Trinajstić information content (AvgIpc) is 2.41. The van der Waals surface area contributed by atoms with Crippen LogP contribution in [0.15, 0.2) is 18.2 Å². The van der Waals surface area contributed by atoms with Crippen molar-refractivity contribution < 1.29 is 13.5 Å². The molecule has 0 aromatic heterocycles. The number of benzene rings is 1. The van der Waals surface area contributed by atoms with Gasteiger partial charge in [0, 0.05) is 31.4 Å². The standard InChI is InChI=1S/C14H19F2NO/c1-10(11-5-7-18-8-6-11)17-9-12-3-2-4-13(15)14(12)16/h2-4,10-11,17H,5-9H2,1H3. The second kappa shape index (κ2) is 6.25. The number of hydrogen-bond acceptors (Lipinski definition) is 2. The second-order valence-corrected chi connectivity index (χ2v) is 4.83. The molecule has 0 spiro atoms. The van der Waals surface area contributed by atoms with Crippen molar-refractivity contribution in [3.63, 3.8) is 0 Å². The summed E-state index contributed by atoms with van der Waals surface area (Å²) in [6, 6.07) is 4.58. The molecule has 0 radical (unpaired) electrons. The third kappa shape index (κ3) is 3.27. The van der Waals surface area contributed by atoms with E-state index in [9.17, 15) is 8.78 Å². The van der Waals surface area contributed by atoms with E-state index in [1.165, 1.54) is 6.07 Å². The molecule has 1 N–H and O–H groups in total. The van der Waals surface area contributed by atoms with Crippen molar-refractivity contribution in [1.82, 2.24) is 5.32 Å². The van der Waals surface area contributed by atoms with Gasteiger partial charge in [0.15, 0.2) is 11.6 Å². The van der Waals surface area contributed by atoms with Gasteiger partial charge in [-0.05, 0) is 31.7 Å². The average molecular weight is 255 g/mol. The third-order valence-corrected chi connectivity index (χ3v) is 3.62. The zero-order valence-electron chi connectivity index (χ0n) is 10.6. The molecular weight excluding hydrogens is 236 g/mol. The third-order valence-electron chi connectivity index (χ3n) is 3.62. The van der Waals surface area contributed by atoms with E-state index in [1.54, 1.807) is 6.07 Å². The highest BCUT2D eigenvalue weighted by Crippen LogP contribution is 2.19. The zero-order valence-corrected chi connectivity index (χ0v) is 10.6. The normalized spacial score (nSPS) is 18.8. The summed E-state index contributed by atoms with van der Waals surface area (Å²) in [5.41, 5.74) is 0.383. The maximum Gasteiger partial charge on any atom is 0.163 e. The first kappa shape index (κ1) is 13.4. The molecular formula is C14H19F2NO. The van der Waals surface area contributed by atoms with Crippen molar-refractivity contribution in [3.8, 4) is 0 Å². The van der Waals surface area contributed by atoms with Crippen LogP contribution in [0.2, 0.25) is 0 Å². The lowest BCUT2D eigenvalue weighted by molar-refractivity contribution is 0.0557. The predicted molar refractivity (Wildman–Crippen MR) is 66.2 cm³/mol. The first-order valence-electron chi connectivity index (χ1n) is 6.42. The maximum atomic E-state index is 13.5. The summed E-state index contributed by atoms with van der Waals surface area (Å²) < 4.78 is 31.8. The fourth-order valence-corrected chi connectivity index (χ4v) is 2.34. The largest absolute Gasteiger partial charge is 0.381 e. The number of nitrogens with one attached hydrogen (secondary N) is 1. The van der Waals surface area contributed by atoms with E-state index in [4.69, 9.17) is 4.74 Å². The minimum atomic E-state index is -0.784. The van der Waals surface area contributed by atoms with Gasteiger partial charge in [-0.15, -0.1) is 0 Å². The van der Waals surface area contributed by atoms with E-state index in [0.29, 0.717) is 18.0 Å². The number of halogens is 2. The van der Waals surface area contributed by atoms with Crippen LogP contribution < -0.4 is 5.32 Å². The van der Waals surface area contributed by atoms with E-state index < -0.39 is 11.6 Å². The second-order valence-electron chi connectivity index (χ2n) is 4.83. The Bertz CT molecular complexity index is 391. The molecule has 1 aliphatic heterocycles. The van der Waals surface area contributed by atoms with Gasteiger partial charge in [-0.3, -0.25) is 0 Å². The van der Waals surface area contributed by atoms with Crippen molar-refractivity contribution in [2.45, 2.75) is 32.4 Å². The molecule has 1 unspecified atom stereocenters. The van der Waals surface area contributed by atoms with Gasteiger partial charge >= 0.3 is 0 Å². The van der Waals surface area contributed by atoms with Crippen LogP contribution in [0.1, 0.15) is 25.3 Å². The van der Waals surface area contributed by atoms with Gasteiger partial charge in [0.05, 0.1) is 0 Å². The van der Waals surface area contributed by atoms with Crippen LogP contribution in [0.25, 0.3) is 0 Å². The molecule has 2 rings (SSSR count). The van der Waals surface area contributed by atoms with Gasteiger partial charge in [-0.1, -0.05) is 12.1 Å². The van der Waals surface area contributed by atoms with Crippen LogP contribution in [-0.2, 0) is 11.3 Å². The van der Waals surface area contributed by atoms with Gasteiger partial charge in [0.25, 0.3) is 0 Å². The molecule has 1 atom stereocenters. The highest BCUT2D eigenvalue weighted by atomic mass is 19.2. The van der Waals surface area contributed by atoms with Crippen LogP contribution in [0.3, 0.4) is 0 Å². The molecule has 1 fully saturated rings. The molecule has 0 bridgehead atoms. The van der Waals surface area contributed by atoms with Crippen molar-refractivity contribution in [2.24, 2.45) is 5.92 Å². The summed E-state index contributed by atoms with van der Waals surface area (Å²) in [4.78, 5) is 0. The molecule has 1 heterocycles. The van der Waals surface area contributed by atoms with E-state index in [-0.39, 0.29) is 6.04 Å². The first-order valence-corrected chi connectivity index (χ1v) is 6.42. The fourth-order valence-electron chi connectivity index (χ4n) is 2.34. The number of rotatable bonds is 4. The lowest BCUT2D eigenvalue weighted by Crippen LogP contribution is -2.36. The fraction of sp³-hybridized carbons (Fsp3) is 0.571. The molecule has 0 aliphatic carbocycles. The Hall–Kier alpha value is -1.00. The van der Waals surface area contributed by atoms with Crippen LogP contribution in [0.5, 0.6) is 0 Å². The van der Waals surface area contributed by atoms with Crippen LogP contribution in [0, 0.1) is 17.6 Å². The van der Waals surface area contributed by atoms with E-state index in [1.807, 2.05) is 0 Å².